The number of carbonyl (C=O) groups is 1. The van der Waals surface area contributed by atoms with E-state index in [1.54, 1.807) is 0 Å². The number of amides is 1. The zero-order valence-electron chi connectivity index (χ0n) is 11.3. The normalized spacial score (nSPS) is 18.0. The highest BCUT2D eigenvalue weighted by Gasteiger charge is 2.23. The molecule has 0 spiro atoms. The minimum Gasteiger partial charge on any atom is -0.379 e. The Kier molecular flexibility index (Phi) is 4.90. The highest BCUT2D eigenvalue weighted by atomic mass is 16.5. The molecule has 104 valence electrons. The Morgan fingerprint density at radius 2 is 2.11 bits per heavy atom. The minimum atomic E-state index is -0.158. The van der Waals surface area contributed by atoms with Gasteiger partial charge in [-0.3, -0.25) is 9.69 Å². The van der Waals surface area contributed by atoms with Crippen LogP contribution in [0.5, 0.6) is 0 Å². The fourth-order valence-electron chi connectivity index (χ4n) is 2.19. The molecule has 1 unspecified atom stereocenters. The number of ether oxygens (including phenoxy) is 1. The summed E-state index contributed by atoms with van der Waals surface area (Å²) in [6.45, 7) is 5.32. The second-order valence-electron chi connectivity index (χ2n) is 4.67. The Bertz CT molecular complexity index is 430. The van der Waals surface area contributed by atoms with Crippen LogP contribution in [-0.4, -0.2) is 43.2 Å². The zero-order chi connectivity index (χ0) is 13.7. The van der Waals surface area contributed by atoms with Crippen molar-refractivity contribution in [3.8, 4) is 0 Å². The Balaban J connectivity index is 1.99. The van der Waals surface area contributed by atoms with E-state index in [4.69, 9.17) is 10.5 Å². The highest BCUT2D eigenvalue weighted by Crippen LogP contribution is 2.15. The Morgan fingerprint density at radius 1 is 1.42 bits per heavy atom. The van der Waals surface area contributed by atoms with E-state index in [1.165, 1.54) is 0 Å². The number of rotatable bonds is 4. The molecule has 1 aromatic rings. The third-order valence-corrected chi connectivity index (χ3v) is 3.47. The first kappa shape index (κ1) is 14.0. The van der Waals surface area contributed by atoms with Crippen LogP contribution in [0.3, 0.4) is 0 Å². The largest absolute Gasteiger partial charge is 0.379 e. The molecular weight excluding hydrogens is 242 g/mol. The second kappa shape index (κ2) is 6.65. The first-order valence-corrected chi connectivity index (χ1v) is 6.63. The first-order valence-electron chi connectivity index (χ1n) is 6.63. The van der Waals surface area contributed by atoms with Gasteiger partial charge in [-0.1, -0.05) is 18.2 Å². The molecule has 1 amide bonds. The number of carbonyl (C=O) groups excluding carboxylic acids is 1. The average Bonchev–Trinajstić information content (AvgIpc) is 2.48. The topological polar surface area (TPSA) is 67.6 Å². The van der Waals surface area contributed by atoms with Gasteiger partial charge in [0, 0.05) is 25.3 Å². The SMILES string of the molecule is CC(C(=O)Nc1ccccc1CN)N1CCOCC1. The second-order valence-corrected chi connectivity index (χ2v) is 4.67. The van der Waals surface area contributed by atoms with Crippen LogP contribution >= 0.6 is 0 Å². The maximum atomic E-state index is 12.2. The summed E-state index contributed by atoms with van der Waals surface area (Å²) in [6.07, 6.45) is 0. The van der Waals surface area contributed by atoms with Crippen molar-refractivity contribution >= 4 is 11.6 Å². The van der Waals surface area contributed by atoms with E-state index in [2.05, 4.69) is 10.2 Å². The van der Waals surface area contributed by atoms with E-state index in [-0.39, 0.29) is 11.9 Å². The molecule has 1 atom stereocenters. The maximum absolute atomic E-state index is 12.2. The Hall–Kier alpha value is -1.43. The van der Waals surface area contributed by atoms with Gasteiger partial charge in [-0.2, -0.15) is 0 Å². The summed E-state index contributed by atoms with van der Waals surface area (Å²) in [4.78, 5) is 14.4. The number of nitrogens with one attached hydrogen (secondary N) is 1. The van der Waals surface area contributed by atoms with Gasteiger partial charge in [0.1, 0.15) is 0 Å². The number of morpholine rings is 1. The van der Waals surface area contributed by atoms with Crippen LogP contribution in [0.2, 0.25) is 0 Å². The van der Waals surface area contributed by atoms with Crippen molar-refractivity contribution in [2.75, 3.05) is 31.6 Å². The van der Waals surface area contributed by atoms with Gasteiger partial charge < -0.3 is 15.8 Å². The lowest BCUT2D eigenvalue weighted by molar-refractivity contribution is -0.122. The van der Waals surface area contributed by atoms with Crippen molar-refractivity contribution in [2.24, 2.45) is 5.73 Å². The van der Waals surface area contributed by atoms with Crippen LogP contribution < -0.4 is 11.1 Å². The summed E-state index contributed by atoms with van der Waals surface area (Å²) >= 11 is 0. The molecule has 1 heterocycles. The summed E-state index contributed by atoms with van der Waals surface area (Å²) < 4.78 is 5.29. The lowest BCUT2D eigenvalue weighted by atomic mass is 10.1. The number of para-hydroxylation sites is 1. The van der Waals surface area contributed by atoms with Crippen LogP contribution in [0, 0.1) is 0 Å². The van der Waals surface area contributed by atoms with Gasteiger partial charge in [-0.05, 0) is 18.6 Å². The molecule has 0 radical (unpaired) electrons. The lowest BCUT2D eigenvalue weighted by Crippen LogP contribution is -2.47. The number of hydrogen-bond acceptors (Lipinski definition) is 4. The van der Waals surface area contributed by atoms with E-state index >= 15 is 0 Å². The molecule has 0 aliphatic carbocycles. The molecule has 1 aliphatic heterocycles. The quantitative estimate of drug-likeness (QED) is 0.843. The van der Waals surface area contributed by atoms with Gasteiger partial charge in [0.25, 0.3) is 0 Å². The minimum absolute atomic E-state index is 0.00259. The summed E-state index contributed by atoms with van der Waals surface area (Å²) in [5, 5.41) is 2.96. The average molecular weight is 263 g/mol. The van der Waals surface area contributed by atoms with E-state index in [9.17, 15) is 4.79 Å². The van der Waals surface area contributed by atoms with Crippen LogP contribution in [0.4, 0.5) is 5.69 Å². The number of benzene rings is 1. The fourth-order valence-corrected chi connectivity index (χ4v) is 2.19. The van der Waals surface area contributed by atoms with Crippen LogP contribution in [0.25, 0.3) is 0 Å². The summed E-state index contributed by atoms with van der Waals surface area (Å²) in [7, 11) is 0. The summed E-state index contributed by atoms with van der Waals surface area (Å²) in [5.41, 5.74) is 7.42. The van der Waals surface area contributed by atoms with Crippen molar-refractivity contribution in [2.45, 2.75) is 19.5 Å². The fraction of sp³-hybridized carbons (Fsp3) is 0.500. The Labute approximate surface area is 113 Å². The standard InChI is InChI=1S/C14H21N3O2/c1-11(17-6-8-19-9-7-17)14(18)16-13-5-3-2-4-12(13)10-15/h2-5,11H,6-10,15H2,1H3,(H,16,18). The van der Waals surface area contributed by atoms with Gasteiger partial charge in [0.05, 0.1) is 19.3 Å². The monoisotopic (exact) mass is 263 g/mol. The molecule has 1 fully saturated rings. The van der Waals surface area contributed by atoms with Crippen molar-refractivity contribution in [3.05, 3.63) is 29.8 Å². The van der Waals surface area contributed by atoms with Crippen LogP contribution in [0.15, 0.2) is 24.3 Å². The number of hydrogen-bond donors (Lipinski definition) is 2. The highest BCUT2D eigenvalue weighted by molar-refractivity contribution is 5.95. The third kappa shape index (κ3) is 3.53. The number of nitrogens with zero attached hydrogens (tertiary/aromatic N) is 1. The first-order chi connectivity index (χ1) is 9.22. The summed E-state index contributed by atoms with van der Waals surface area (Å²) in [5.74, 6) is 0.00259. The molecule has 3 N–H and O–H groups in total. The molecule has 2 rings (SSSR count). The lowest BCUT2D eigenvalue weighted by Gasteiger charge is -2.31. The van der Waals surface area contributed by atoms with Crippen molar-refractivity contribution in [1.29, 1.82) is 0 Å². The molecule has 1 saturated heterocycles. The van der Waals surface area contributed by atoms with Crippen molar-refractivity contribution in [1.82, 2.24) is 4.90 Å². The molecule has 1 aromatic carbocycles. The third-order valence-electron chi connectivity index (χ3n) is 3.47. The Morgan fingerprint density at radius 3 is 2.79 bits per heavy atom. The van der Waals surface area contributed by atoms with Crippen LogP contribution in [0.1, 0.15) is 12.5 Å². The predicted octanol–water partition coefficient (Wildman–Crippen LogP) is 0.805. The van der Waals surface area contributed by atoms with E-state index in [0.29, 0.717) is 19.8 Å². The van der Waals surface area contributed by atoms with Crippen molar-refractivity contribution in [3.63, 3.8) is 0 Å². The molecule has 5 nitrogen and oxygen atoms in total. The number of nitrogens with two attached hydrogens (primary N) is 1. The zero-order valence-corrected chi connectivity index (χ0v) is 11.3. The molecule has 5 heteroatoms. The molecule has 0 bridgehead atoms. The molecular formula is C14H21N3O2. The maximum Gasteiger partial charge on any atom is 0.241 e. The molecule has 1 aliphatic rings. The molecule has 0 saturated carbocycles. The molecule has 19 heavy (non-hydrogen) atoms. The van der Waals surface area contributed by atoms with E-state index in [1.807, 2.05) is 31.2 Å². The van der Waals surface area contributed by atoms with E-state index in [0.717, 1.165) is 24.3 Å². The van der Waals surface area contributed by atoms with Gasteiger partial charge in [0.2, 0.25) is 5.91 Å². The molecule has 0 aromatic heterocycles. The van der Waals surface area contributed by atoms with Gasteiger partial charge in [0.15, 0.2) is 0 Å². The van der Waals surface area contributed by atoms with Crippen LogP contribution in [-0.2, 0) is 16.1 Å². The van der Waals surface area contributed by atoms with Gasteiger partial charge in [-0.25, -0.2) is 0 Å². The van der Waals surface area contributed by atoms with Crippen molar-refractivity contribution < 1.29 is 9.53 Å². The predicted molar refractivity (Wildman–Crippen MR) is 74.8 cm³/mol. The van der Waals surface area contributed by atoms with E-state index < -0.39 is 0 Å². The number of anilines is 1. The van der Waals surface area contributed by atoms with Gasteiger partial charge >= 0.3 is 0 Å². The smallest absolute Gasteiger partial charge is 0.241 e. The summed E-state index contributed by atoms with van der Waals surface area (Å²) in [6, 6.07) is 7.47. The van der Waals surface area contributed by atoms with Gasteiger partial charge in [-0.15, -0.1) is 0 Å².